The van der Waals surface area contributed by atoms with Crippen molar-refractivity contribution in [1.82, 2.24) is 20.1 Å². The lowest BCUT2D eigenvalue weighted by Gasteiger charge is -2.38. The van der Waals surface area contributed by atoms with Gasteiger partial charge in [-0.3, -0.25) is 14.5 Å². The van der Waals surface area contributed by atoms with Gasteiger partial charge >= 0.3 is 6.09 Å². The number of nitrogens with two attached hydrogens (primary N) is 1. The van der Waals surface area contributed by atoms with Crippen molar-refractivity contribution in [2.45, 2.75) is 64.8 Å². The normalized spacial score (nSPS) is 21.5. The first-order chi connectivity index (χ1) is 18.5. The lowest BCUT2D eigenvalue weighted by atomic mass is 9.96. The molecule has 0 bridgehead atoms. The largest absolute Gasteiger partial charge is 0.444 e. The number of carbonyl (C=O) groups excluding carboxylic acids is 3. The number of pyridine rings is 1. The Hall–Kier alpha value is -3.66. The first-order valence-electron chi connectivity index (χ1n) is 13.4. The molecule has 3 N–H and O–H groups in total. The van der Waals surface area contributed by atoms with Gasteiger partial charge in [0.15, 0.2) is 0 Å². The Morgan fingerprint density at radius 1 is 1.10 bits per heavy atom. The molecule has 3 atom stereocenters. The predicted octanol–water partition coefficient (Wildman–Crippen LogP) is 2.68. The molecule has 2 fully saturated rings. The van der Waals surface area contributed by atoms with E-state index in [1.807, 2.05) is 43.3 Å². The van der Waals surface area contributed by atoms with Gasteiger partial charge in [-0.25, -0.2) is 9.78 Å². The molecule has 10 heteroatoms. The standard InChI is InChI=1S/C29H39N5O5/c1-19-22(10-11-25(30)32-19)16-31-26(35)24-18-38-13-12-33(24)27(36)23-15-21(14-20-8-6-5-7-9-20)17-34(23)28(37)39-29(2,3)4/h5-11,21,23-24H,12-18H2,1-4H3,(H2,30,32)(H,31,35)/t21-,23+,24-/m0/s1. The topological polar surface area (TPSA) is 127 Å². The van der Waals surface area contributed by atoms with Crippen LogP contribution < -0.4 is 11.1 Å². The Morgan fingerprint density at radius 2 is 1.85 bits per heavy atom. The summed E-state index contributed by atoms with van der Waals surface area (Å²) < 4.78 is 11.3. The van der Waals surface area contributed by atoms with Crippen LogP contribution >= 0.6 is 0 Å². The van der Waals surface area contributed by atoms with Gasteiger partial charge in [0.1, 0.15) is 23.5 Å². The van der Waals surface area contributed by atoms with E-state index >= 15 is 0 Å². The predicted molar refractivity (Wildman–Crippen MR) is 147 cm³/mol. The monoisotopic (exact) mass is 537 g/mol. The number of nitrogens with zero attached hydrogens (tertiary/aromatic N) is 3. The first-order valence-corrected chi connectivity index (χ1v) is 13.4. The van der Waals surface area contributed by atoms with Gasteiger partial charge in [-0.15, -0.1) is 0 Å². The Kier molecular flexibility index (Phi) is 8.74. The van der Waals surface area contributed by atoms with Crippen LogP contribution in [-0.4, -0.2) is 76.7 Å². The molecule has 2 aliphatic heterocycles. The van der Waals surface area contributed by atoms with Crippen LogP contribution in [0, 0.1) is 12.8 Å². The van der Waals surface area contributed by atoms with Crippen LogP contribution in [0.1, 0.15) is 44.0 Å². The fraction of sp³-hybridized carbons (Fsp3) is 0.517. The van der Waals surface area contributed by atoms with Crippen LogP contribution in [0.15, 0.2) is 42.5 Å². The van der Waals surface area contributed by atoms with Crippen molar-refractivity contribution in [2.24, 2.45) is 5.92 Å². The summed E-state index contributed by atoms with van der Waals surface area (Å²) in [6.45, 7) is 8.58. The zero-order valence-electron chi connectivity index (χ0n) is 23.2. The Morgan fingerprint density at radius 3 is 2.54 bits per heavy atom. The van der Waals surface area contributed by atoms with Gasteiger partial charge in [0, 0.05) is 25.3 Å². The number of carbonyl (C=O) groups is 3. The molecule has 0 spiro atoms. The molecule has 0 unspecified atom stereocenters. The summed E-state index contributed by atoms with van der Waals surface area (Å²) in [6.07, 6.45) is 0.720. The van der Waals surface area contributed by atoms with Gasteiger partial charge < -0.3 is 25.4 Å². The van der Waals surface area contributed by atoms with Crippen molar-refractivity contribution in [3.8, 4) is 0 Å². The minimum absolute atomic E-state index is 0.0863. The van der Waals surface area contributed by atoms with Crippen LogP contribution in [0.3, 0.4) is 0 Å². The molecule has 2 saturated heterocycles. The molecule has 2 aromatic rings. The van der Waals surface area contributed by atoms with Gasteiger partial charge in [-0.1, -0.05) is 36.4 Å². The lowest BCUT2D eigenvalue weighted by Crippen LogP contribution is -2.59. The Balaban J connectivity index is 1.49. The van der Waals surface area contributed by atoms with Gasteiger partial charge in [0.2, 0.25) is 11.8 Å². The molecule has 210 valence electrons. The maximum absolute atomic E-state index is 14.0. The number of anilines is 1. The summed E-state index contributed by atoms with van der Waals surface area (Å²) in [5.41, 5.74) is 7.75. The van der Waals surface area contributed by atoms with E-state index in [9.17, 15) is 14.4 Å². The second-order valence-corrected chi connectivity index (χ2v) is 11.3. The smallest absolute Gasteiger partial charge is 0.410 e. The number of hydrogen-bond acceptors (Lipinski definition) is 7. The van der Waals surface area contributed by atoms with E-state index in [2.05, 4.69) is 10.3 Å². The highest BCUT2D eigenvalue weighted by Crippen LogP contribution is 2.30. The minimum Gasteiger partial charge on any atom is -0.444 e. The molecule has 1 aromatic carbocycles. The lowest BCUT2D eigenvalue weighted by molar-refractivity contribution is -0.151. The summed E-state index contributed by atoms with van der Waals surface area (Å²) in [7, 11) is 0. The Bertz CT molecular complexity index is 1180. The summed E-state index contributed by atoms with van der Waals surface area (Å²) >= 11 is 0. The number of aromatic nitrogens is 1. The van der Waals surface area contributed by atoms with Crippen molar-refractivity contribution in [3.63, 3.8) is 0 Å². The highest BCUT2D eigenvalue weighted by atomic mass is 16.6. The molecule has 0 aliphatic carbocycles. The molecule has 1 aromatic heterocycles. The van der Waals surface area contributed by atoms with Crippen molar-refractivity contribution in [2.75, 3.05) is 32.0 Å². The molecule has 10 nitrogen and oxygen atoms in total. The van der Waals surface area contributed by atoms with Crippen molar-refractivity contribution < 1.29 is 23.9 Å². The molecular formula is C29H39N5O5. The molecule has 3 heterocycles. The Labute approximate surface area is 229 Å². The van der Waals surface area contributed by atoms with Gasteiger partial charge in [0.25, 0.3) is 0 Å². The number of benzene rings is 1. The number of rotatable bonds is 6. The van der Waals surface area contributed by atoms with Crippen molar-refractivity contribution in [3.05, 3.63) is 59.3 Å². The van der Waals surface area contributed by atoms with E-state index in [1.165, 1.54) is 4.90 Å². The molecule has 39 heavy (non-hydrogen) atoms. The van der Waals surface area contributed by atoms with Crippen LogP contribution in [-0.2, 0) is 32.0 Å². The average Bonchev–Trinajstić information content (AvgIpc) is 3.31. The average molecular weight is 538 g/mol. The number of nitrogen functional groups attached to an aromatic ring is 1. The number of hydrogen-bond donors (Lipinski definition) is 2. The van der Waals surface area contributed by atoms with E-state index in [0.717, 1.165) is 23.2 Å². The summed E-state index contributed by atoms with van der Waals surface area (Å²) in [5.74, 6) is -0.0768. The number of nitrogens with one attached hydrogen (secondary N) is 1. The maximum atomic E-state index is 14.0. The number of ether oxygens (including phenoxy) is 2. The highest BCUT2D eigenvalue weighted by Gasteiger charge is 2.45. The molecular weight excluding hydrogens is 498 g/mol. The van der Waals surface area contributed by atoms with Crippen LogP contribution in [0.5, 0.6) is 0 Å². The zero-order valence-corrected chi connectivity index (χ0v) is 23.2. The molecule has 0 saturated carbocycles. The van der Waals surface area contributed by atoms with E-state index < -0.39 is 23.8 Å². The quantitative estimate of drug-likeness (QED) is 0.580. The van der Waals surface area contributed by atoms with Crippen molar-refractivity contribution in [1.29, 1.82) is 0 Å². The fourth-order valence-electron chi connectivity index (χ4n) is 5.15. The SMILES string of the molecule is Cc1nc(N)ccc1CNC(=O)[C@@H]1COCCN1C(=O)[C@H]1C[C@H](Cc2ccccc2)CN1C(=O)OC(C)(C)C. The molecule has 0 radical (unpaired) electrons. The van der Waals surface area contributed by atoms with Gasteiger partial charge in [-0.2, -0.15) is 0 Å². The van der Waals surface area contributed by atoms with E-state index in [1.54, 1.807) is 31.7 Å². The van der Waals surface area contributed by atoms with Gasteiger partial charge in [-0.05, 0) is 63.6 Å². The summed E-state index contributed by atoms with van der Waals surface area (Å²) in [5, 5.41) is 2.91. The third-order valence-electron chi connectivity index (χ3n) is 7.05. The second-order valence-electron chi connectivity index (χ2n) is 11.3. The van der Waals surface area contributed by atoms with Crippen LogP contribution in [0.25, 0.3) is 0 Å². The molecule has 4 rings (SSSR count). The fourth-order valence-corrected chi connectivity index (χ4v) is 5.15. The maximum Gasteiger partial charge on any atom is 0.410 e. The third-order valence-corrected chi connectivity index (χ3v) is 7.05. The van der Waals surface area contributed by atoms with E-state index in [0.29, 0.717) is 25.4 Å². The van der Waals surface area contributed by atoms with E-state index in [4.69, 9.17) is 15.2 Å². The zero-order chi connectivity index (χ0) is 28.2. The minimum atomic E-state index is -0.804. The van der Waals surface area contributed by atoms with Crippen molar-refractivity contribution >= 4 is 23.7 Å². The molecule has 2 aliphatic rings. The second kappa shape index (κ2) is 12.0. The number of likely N-dealkylation sites (tertiary alicyclic amines) is 1. The summed E-state index contributed by atoms with van der Waals surface area (Å²) in [4.78, 5) is 47.8. The number of amides is 3. The number of morpholine rings is 1. The summed E-state index contributed by atoms with van der Waals surface area (Å²) in [6, 6.07) is 12.0. The first kappa shape index (κ1) is 28.4. The molecule has 3 amide bonds. The van der Waals surface area contributed by atoms with E-state index in [-0.39, 0.29) is 37.4 Å². The van der Waals surface area contributed by atoms with Crippen LogP contribution in [0.2, 0.25) is 0 Å². The third kappa shape index (κ3) is 7.26. The van der Waals surface area contributed by atoms with Crippen LogP contribution in [0.4, 0.5) is 10.6 Å². The van der Waals surface area contributed by atoms with Gasteiger partial charge in [0.05, 0.1) is 13.2 Å². The number of aryl methyl sites for hydroxylation is 1. The highest BCUT2D eigenvalue weighted by molar-refractivity contribution is 5.92.